The Hall–Kier alpha value is -3.31. The SMILES string of the molecule is C=CCOc1ccc(-c2ncc(-c3ccc(C=CCCCC(C)OCCCCC)cc3)cn2)nc1. The van der Waals surface area contributed by atoms with Crippen LogP contribution in [0.4, 0.5) is 0 Å². The van der Waals surface area contributed by atoms with Crippen molar-refractivity contribution in [3.05, 3.63) is 79.3 Å². The topological polar surface area (TPSA) is 57.1 Å². The number of ether oxygens (including phenoxy) is 2. The van der Waals surface area contributed by atoms with E-state index in [0.29, 0.717) is 30.0 Å². The van der Waals surface area contributed by atoms with Crippen molar-refractivity contribution < 1.29 is 9.47 Å². The van der Waals surface area contributed by atoms with E-state index in [1.165, 1.54) is 24.8 Å². The Morgan fingerprint density at radius 2 is 1.71 bits per heavy atom. The number of hydrogen-bond acceptors (Lipinski definition) is 5. The number of nitrogens with zero attached hydrogens (tertiary/aromatic N) is 3. The van der Waals surface area contributed by atoms with E-state index >= 15 is 0 Å². The van der Waals surface area contributed by atoms with Gasteiger partial charge in [-0.1, -0.05) is 68.8 Å². The van der Waals surface area contributed by atoms with Gasteiger partial charge >= 0.3 is 0 Å². The van der Waals surface area contributed by atoms with Crippen LogP contribution >= 0.6 is 0 Å². The maximum Gasteiger partial charge on any atom is 0.178 e. The second-order valence-corrected chi connectivity index (χ2v) is 8.62. The van der Waals surface area contributed by atoms with Gasteiger partial charge in [-0.15, -0.1) is 0 Å². The maximum atomic E-state index is 5.87. The van der Waals surface area contributed by atoms with Crippen LogP contribution in [0.2, 0.25) is 0 Å². The van der Waals surface area contributed by atoms with Crippen LogP contribution in [0.5, 0.6) is 5.75 Å². The van der Waals surface area contributed by atoms with E-state index in [1.54, 1.807) is 12.3 Å². The minimum atomic E-state index is 0.347. The Bertz CT molecular complexity index is 1030. The number of unbranched alkanes of at least 4 members (excludes halogenated alkanes) is 3. The van der Waals surface area contributed by atoms with Gasteiger partial charge in [0.05, 0.1) is 12.3 Å². The number of rotatable bonds is 15. The molecule has 1 unspecified atom stereocenters. The van der Waals surface area contributed by atoms with E-state index in [2.05, 4.69) is 71.8 Å². The molecule has 0 saturated heterocycles. The Kier molecular flexibility index (Phi) is 11.2. The van der Waals surface area contributed by atoms with Crippen molar-refractivity contribution in [1.29, 1.82) is 0 Å². The van der Waals surface area contributed by atoms with Gasteiger partial charge in [0.25, 0.3) is 0 Å². The van der Waals surface area contributed by atoms with Crippen LogP contribution < -0.4 is 4.74 Å². The summed E-state index contributed by atoms with van der Waals surface area (Å²) in [6.45, 7) is 9.38. The number of aromatic nitrogens is 3. The van der Waals surface area contributed by atoms with Gasteiger partial charge in [-0.25, -0.2) is 15.0 Å². The van der Waals surface area contributed by atoms with Crippen LogP contribution in [0.15, 0.2) is 73.7 Å². The molecule has 0 fully saturated rings. The lowest BCUT2D eigenvalue weighted by Crippen LogP contribution is -2.08. The summed E-state index contributed by atoms with van der Waals surface area (Å²) in [6.07, 6.45) is 18.8. The summed E-state index contributed by atoms with van der Waals surface area (Å²) in [5.74, 6) is 1.28. The summed E-state index contributed by atoms with van der Waals surface area (Å²) in [6, 6.07) is 12.2. The van der Waals surface area contributed by atoms with E-state index in [9.17, 15) is 0 Å². The third kappa shape index (κ3) is 9.10. The van der Waals surface area contributed by atoms with Crippen LogP contribution in [0.25, 0.3) is 28.7 Å². The molecule has 0 aliphatic rings. The summed E-state index contributed by atoms with van der Waals surface area (Å²) in [7, 11) is 0. The monoisotopic (exact) mass is 471 g/mol. The van der Waals surface area contributed by atoms with Gasteiger partial charge in [0.1, 0.15) is 18.1 Å². The highest BCUT2D eigenvalue weighted by molar-refractivity contribution is 5.65. The molecule has 3 aromatic rings. The molecule has 2 aromatic heterocycles. The minimum absolute atomic E-state index is 0.347. The van der Waals surface area contributed by atoms with E-state index < -0.39 is 0 Å². The van der Waals surface area contributed by atoms with Gasteiger partial charge in [0.15, 0.2) is 5.82 Å². The van der Waals surface area contributed by atoms with Crippen molar-refractivity contribution >= 4 is 6.08 Å². The first-order chi connectivity index (χ1) is 17.2. The van der Waals surface area contributed by atoms with E-state index in [1.807, 2.05) is 24.5 Å². The van der Waals surface area contributed by atoms with Crippen LogP contribution in [-0.2, 0) is 4.74 Å². The van der Waals surface area contributed by atoms with Crippen molar-refractivity contribution in [2.24, 2.45) is 0 Å². The summed E-state index contributed by atoms with van der Waals surface area (Å²) in [5.41, 5.74) is 3.96. The van der Waals surface area contributed by atoms with Crippen LogP contribution in [0.1, 0.15) is 57.9 Å². The van der Waals surface area contributed by atoms with Gasteiger partial charge in [-0.3, -0.25) is 0 Å². The summed E-state index contributed by atoms with van der Waals surface area (Å²) >= 11 is 0. The van der Waals surface area contributed by atoms with Gasteiger partial charge in [0.2, 0.25) is 0 Å². The highest BCUT2D eigenvalue weighted by atomic mass is 16.5. The van der Waals surface area contributed by atoms with E-state index in [4.69, 9.17) is 9.47 Å². The molecule has 0 N–H and O–H groups in total. The van der Waals surface area contributed by atoms with Crippen LogP contribution in [-0.4, -0.2) is 34.3 Å². The van der Waals surface area contributed by atoms with Gasteiger partial charge in [-0.2, -0.15) is 0 Å². The Morgan fingerprint density at radius 3 is 2.40 bits per heavy atom. The fourth-order valence-electron chi connectivity index (χ4n) is 3.61. The van der Waals surface area contributed by atoms with E-state index in [0.717, 1.165) is 37.0 Å². The number of benzene rings is 1. The van der Waals surface area contributed by atoms with Crippen LogP contribution in [0.3, 0.4) is 0 Å². The minimum Gasteiger partial charge on any atom is -0.488 e. The normalized spacial score (nSPS) is 12.1. The molecule has 0 aliphatic heterocycles. The Labute approximate surface area is 210 Å². The van der Waals surface area contributed by atoms with Crippen molar-refractivity contribution in [2.75, 3.05) is 13.2 Å². The molecular weight excluding hydrogens is 434 g/mol. The largest absolute Gasteiger partial charge is 0.488 e. The third-order valence-corrected chi connectivity index (χ3v) is 5.67. The first-order valence-corrected chi connectivity index (χ1v) is 12.6. The van der Waals surface area contributed by atoms with Crippen molar-refractivity contribution in [1.82, 2.24) is 15.0 Å². The first kappa shape index (κ1) is 26.3. The highest BCUT2D eigenvalue weighted by Crippen LogP contribution is 2.22. The molecule has 184 valence electrons. The lowest BCUT2D eigenvalue weighted by molar-refractivity contribution is 0.0566. The molecule has 0 saturated carbocycles. The molecule has 5 heteroatoms. The van der Waals surface area contributed by atoms with Gasteiger partial charge in [0, 0.05) is 24.6 Å². The molecule has 0 bridgehead atoms. The predicted octanol–water partition coefficient (Wildman–Crippen LogP) is 7.55. The molecule has 0 amide bonds. The summed E-state index contributed by atoms with van der Waals surface area (Å²) in [4.78, 5) is 13.4. The quantitative estimate of drug-likeness (QED) is 0.169. The predicted molar refractivity (Wildman–Crippen MR) is 144 cm³/mol. The standard InChI is InChI=1S/C30H37N3O2/c1-4-6-10-20-34-24(3)11-8-7-9-12-25-13-15-26(16-14-25)27-21-32-30(33-22-27)29-18-17-28(23-31-29)35-19-5-2/h5,9,12-18,21-24H,2,4,6-8,10-11,19-20H2,1,3H3. The molecule has 1 aromatic carbocycles. The lowest BCUT2D eigenvalue weighted by atomic mass is 10.1. The molecule has 0 radical (unpaired) electrons. The summed E-state index contributed by atoms with van der Waals surface area (Å²) in [5, 5.41) is 0. The fraction of sp³-hybridized carbons (Fsp3) is 0.367. The van der Waals surface area contributed by atoms with Gasteiger partial charge < -0.3 is 9.47 Å². The zero-order valence-electron chi connectivity index (χ0n) is 21.0. The van der Waals surface area contributed by atoms with Crippen LogP contribution in [0, 0.1) is 0 Å². The molecule has 35 heavy (non-hydrogen) atoms. The lowest BCUT2D eigenvalue weighted by Gasteiger charge is -2.12. The van der Waals surface area contributed by atoms with Crippen molar-refractivity contribution in [3.8, 4) is 28.4 Å². The number of hydrogen-bond donors (Lipinski definition) is 0. The average Bonchev–Trinajstić information content (AvgIpc) is 2.90. The Morgan fingerprint density at radius 1 is 0.914 bits per heavy atom. The second-order valence-electron chi connectivity index (χ2n) is 8.62. The maximum absolute atomic E-state index is 5.87. The fourth-order valence-corrected chi connectivity index (χ4v) is 3.61. The summed E-state index contributed by atoms with van der Waals surface area (Å²) < 4.78 is 11.3. The Balaban J connectivity index is 1.45. The average molecular weight is 472 g/mol. The molecule has 3 rings (SSSR count). The molecule has 1 atom stereocenters. The smallest absolute Gasteiger partial charge is 0.178 e. The molecule has 0 aliphatic carbocycles. The number of allylic oxidation sites excluding steroid dienone is 1. The molecule has 0 spiro atoms. The first-order valence-electron chi connectivity index (χ1n) is 12.6. The molecular formula is C30H37N3O2. The van der Waals surface area contributed by atoms with E-state index in [-0.39, 0.29) is 0 Å². The zero-order valence-corrected chi connectivity index (χ0v) is 21.0. The highest BCUT2D eigenvalue weighted by Gasteiger charge is 2.05. The molecule has 2 heterocycles. The second kappa shape index (κ2) is 14.8. The van der Waals surface area contributed by atoms with Gasteiger partial charge in [-0.05, 0) is 55.9 Å². The number of pyridine rings is 1. The molecule has 5 nitrogen and oxygen atoms in total. The van der Waals surface area contributed by atoms with Crippen molar-refractivity contribution in [3.63, 3.8) is 0 Å². The van der Waals surface area contributed by atoms with Crippen molar-refractivity contribution in [2.45, 2.75) is 58.5 Å². The zero-order chi connectivity index (χ0) is 24.7. The third-order valence-electron chi connectivity index (χ3n) is 5.67.